The molecule has 2 amide bonds. The van der Waals surface area contributed by atoms with Gasteiger partial charge in [0, 0.05) is 28.6 Å². The van der Waals surface area contributed by atoms with Crippen LogP contribution in [0.1, 0.15) is 13.8 Å². The minimum atomic E-state index is -0.354. The third-order valence-corrected chi connectivity index (χ3v) is 6.69. The van der Waals surface area contributed by atoms with E-state index in [0.717, 1.165) is 25.7 Å². The number of benzene rings is 2. The summed E-state index contributed by atoms with van der Waals surface area (Å²) in [6, 6.07) is 19.2. The van der Waals surface area contributed by atoms with Crippen molar-refractivity contribution in [1.82, 2.24) is 9.97 Å². The third kappa shape index (κ3) is 5.10. The quantitative estimate of drug-likeness (QED) is 0.303. The van der Waals surface area contributed by atoms with E-state index in [9.17, 15) is 9.59 Å². The van der Waals surface area contributed by atoms with E-state index >= 15 is 0 Å². The highest BCUT2D eigenvalue weighted by molar-refractivity contribution is 8.00. The van der Waals surface area contributed by atoms with Crippen molar-refractivity contribution in [1.29, 1.82) is 0 Å². The lowest BCUT2D eigenvalue weighted by Gasteiger charge is -2.12. The summed E-state index contributed by atoms with van der Waals surface area (Å²) in [6.45, 7) is 3.30. The molecule has 4 rings (SSSR count). The van der Waals surface area contributed by atoms with Crippen molar-refractivity contribution < 1.29 is 9.59 Å². The second-order valence-electron chi connectivity index (χ2n) is 6.88. The largest absolute Gasteiger partial charge is 0.326 e. The molecule has 6 nitrogen and oxygen atoms in total. The minimum Gasteiger partial charge on any atom is -0.326 e. The Morgan fingerprint density at radius 3 is 2.32 bits per heavy atom. The molecule has 2 aromatic heterocycles. The van der Waals surface area contributed by atoms with Crippen molar-refractivity contribution in [2.24, 2.45) is 0 Å². The predicted molar refractivity (Wildman–Crippen MR) is 128 cm³/mol. The van der Waals surface area contributed by atoms with Crippen LogP contribution in [0.2, 0.25) is 0 Å². The van der Waals surface area contributed by atoms with E-state index in [1.165, 1.54) is 18.7 Å². The van der Waals surface area contributed by atoms with E-state index in [4.69, 9.17) is 0 Å². The second-order valence-corrected chi connectivity index (χ2v) is 9.24. The number of nitrogens with one attached hydrogen (secondary N) is 2. The lowest BCUT2D eigenvalue weighted by Crippen LogP contribution is -2.22. The van der Waals surface area contributed by atoms with Gasteiger partial charge in [-0.1, -0.05) is 42.1 Å². The Hall–Kier alpha value is -3.23. The highest BCUT2D eigenvalue weighted by atomic mass is 32.2. The summed E-state index contributed by atoms with van der Waals surface area (Å²) in [4.78, 5) is 34.7. The predicted octanol–water partition coefficient (Wildman–Crippen LogP) is 5.44. The number of aromatic nitrogens is 2. The summed E-state index contributed by atoms with van der Waals surface area (Å²) < 4.78 is 0. The van der Waals surface area contributed by atoms with Crippen LogP contribution in [0.25, 0.3) is 20.7 Å². The van der Waals surface area contributed by atoms with Crippen LogP contribution in [0, 0.1) is 0 Å². The van der Waals surface area contributed by atoms with Gasteiger partial charge < -0.3 is 10.6 Å². The lowest BCUT2D eigenvalue weighted by atomic mass is 10.2. The van der Waals surface area contributed by atoms with Gasteiger partial charge in [-0.25, -0.2) is 9.97 Å². The molecule has 0 saturated carbocycles. The monoisotopic (exact) mass is 448 g/mol. The number of anilines is 2. The number of rotatable bonds is 6. The Morgan fingerprint density at radius 1 is 0.968 bits per heavy atom. The third-order valence-electron chi connectivity index (χ3n) is 4.48. The number of thiophene rings is 1. The van der Waals surface area contributed by atoms with Crippen molar-refractivity contribution in [2.45, 2.75) is 24.1 Å². The van der Waals surface area contributed by atoms with Gasteiger partial charge in [-0.05, 0) is 42.8 Å². The topological polar surface area (TPSA) is 84.0 Å². The fraction of sp³-hybridized carbons (Fsp3) is 0.130. The first-order chi connectivity index (χ1) is 15.0. The smallest absolute Gasteiger partial charge is 0.237 e. The zero-order valence-electron chi connectivity index (χ0n) is 17.0. The molecule has 31 heavy (non-hydrogen) atoms. The Labute approximate surface area is 188 Å². The highest BCUT2D eigenvalue weighted by Gasteiger charge is 2.18. The molecule has 2 aromatic carbocycles. The summed E-state index contributed by atoms with van der Waals surface area (Å²) >= 11 is 3.02. The van der Waals surface area contributed by atoms with Crippen LogP contribution < -0.4 is 10.6 Å². The summed E-state index contributed by atoms with van der Waals surface area (Å²) in [7, 11) is 0. The molecule has 0 spiro atoms. The number of fused-ring (bicyclic) bond motifs is 1. The first-order valence-corrected chi connectivity index (χ1v) is 11.3. The Bertz CT molecular complexity index is 1220. The summed E-state index contributed by atoms with van der Waals surface area (Å²) in [6.07, 6.45) is 1.54. The van der Waals surface area contributed by atoms with Crippen LogP contribution in [0.3, 0.4) is 0 Å². The number of nitrogens with zero attached hydrogens (tertiary/aromatic N) is 2. The molecule has 8 heteroatoms. The molecule has 156 valence electrons. The van der Waals surface area contributed by atoms with Crippen molar-refractivity contribution in [3.8, 4) is 10.4 Å². The minimum absolute atomic E-state index is 0.123. The van der Waals surface area contributed by atoms with Gasteiger partial charge in [-0.3, -0.25) is 9.59 Å². The standard InChI is InChI=1S/C23H20N4O2S2/c1-14(21(29)27-18-10-8-17(9-11-18)26-15(2)28)30-22-19-12-20(16-6-4-3-5-7-16)31-23(19)25-13-24-22/h3-14H,1-2H3,(H,26,28)(H,27,29). The number of amides is 2. The fourth-order valence-corrected chi connectivity index (χ4v) is 4.94. The fourth-order valence-electron chi connectivity index (χ4n) is 2.98. The van der Waals surface area contributed by atoms with Gasteiger partial charge >= 0.3 is 0 Å². The molecule has 1 unspecified atom stereocenters. The summed E-state index contributed by atoms with van der Waals surface area (Å²) in [5.41, 5.74) is 2.49. The van der Waals surface area contributed by atoms with Gasteiger partial charge in [0.05, 0.1) is 5.25 Å². The van der Waals surface area contributed by atoms with Gasteiger partial charge in [0.15, 0.2) is 0 Å². The van der Waals surface area contributed by atoms with E-state index < -0.39 is 0 Å². The average Bonchev–Trinajstić information content (AvgIpc) is 3.21. The van der Waals surface area contributed by atoms with Crippen LogP contribution in [0.5, 0.6) is 0 Å². The lowest BCUT2D eigenvalue weighted by molar-refractivity contribution is -0.115. The molecule has 4 aromatic rings. The average molecular weight is 449 g/mol. The van der Waals surface area contributed by atoms with Crippen molar-refractivity contribution in [2.75, 3.05) is 10.6 Å². The molecule has 0 aliphatic carbocycles. The maximum absolute atomic E-state index is 12.7. The summed E-state index contributed by atoms with van der Waals surface area (Å²) in [5, 5.41) is 7.00. The number of carbonyl (C=O) groups is 2. The number of hydrogen-bond acceptors (Lipinski definition) is 6. The summed E-state index contributed by atoms with van der Waals surface area (Å²) in [5.74, 6) is -0.260. The van der Waals surface area contributed by atoms with E-state index in [0.29, 0.717) is 11.4 Å². The van der Waals surface area contributed by atoms with E-state index in [-0.39, 0.29) is 17.1 Å². The van der Waals surface area contributed by atoms with E-state index in [2.05, 4.69) is 38.8 Å². The highest BCUT2D eigenvalue weighted by Crippen LogP contribution is 2.37. The van der Waals surface area contributed by atoms with Crippen LogP contribution in [-0.4, -0.2) is 27.0 Å². The zero-order chi connectivity index (χ0) is 21.8. The molecular weight excluding hydrogens is 428 g/mol. The number of hydrogen-bond donors (Lipinski definition) is 2. The molecule has 2 heterocycles. The van der Waals surface area contributed by atoms with Crippen LogP contribution in [-0.2, 0) is 9.59 Å². The van der Waals surface area contributed by atoms with Crippen LogP contribution in [0.15, 0.2) is 72.0 Å². The van der Waals surface area contributed by atoms with Crippen molar-refractivity contribution in [3.63, 3.8) is 0 Å². The molecule has 0 aliphatic heterocycles. The maximum Gasteiger partial charge on any atom is 0.237 e. The van der Waals surface area contributed by atoms with Gasteiger partial charge in [0.2, 0.25) is 11.8 Å². The number of carbonyl (C=O) groups excluding carboxylic acids is 2. The van der Waals surface area contributed by atoms with Crippen LogP contribution in [0.4, 0.5) is 11.4 Å². The molecule has 0 bridgehead atoms. The molecule has 1 atom stereocenters. The second kappa shape index (κ2) is 9.28. The molecule has 2 N–H and O–H groups in total. The Balaban J connectivity index is 1.47. The normalized spacial score (nSPS) is 11.8. The Kier molecular flexibility index (Phi) is 6.29. The molecule has 0 saturated heterocycles. The van der Waals surface area contributed by atoms with Crippen LogP contribution >= 0.6 is 23.1 Å². The zero-order valence-corrected chi connectivity index (χ0v) is 18.6. The molecule has 0 radical (unpaired) electrons. The van der Waals surface area contributed by atoms with E-state index in [1.807, 2.05) is 25.1 Å². The molecule has 0 fully saturated rings. The first-order valence-electron chi connectivity index (χ1n) is 9.65. The van der Waals surface area contributed by atoms with Gasteiger partial charge in [0.25, 0.3) is 0 Å². The molecule has 0 aliphatic rings. The number of thioether (sulfide) groups is 1. The maximum atomic E-state index is 12.7. The molecular formula is C23H20N4O2S2. The first kappa shape index (κ1) is 21.0. The van der Waals surface area contributed by atoms with Gasteiger partial charge in [0.1, 0.15) is 16.2 Å². The van der Waals surface area contributed by atoms with Crippen molar-refractivity contribution >= 4 is 56.5 Å². The SMILES string of the molecule is CC(=O)Nc1ccc(NC(=O)C(C)Sc2ncnc3sc(-c4ccccc4)cc23)cc1. The Morgan fingerprint density at radius 2 is 1.65 bits per heavy atom. The van der Waals surface area contributed by atoms with Crippen molar-refractivity contribution in [3.05, 3.63) is 67.0 Å². The van der Waals surface area contributed by atoms with Gasteiger partial charge in [-0.15, -0.1) is 11.3 Å². The van der Waals surface area contributed by atoms with Gasteiger partial charge in [-0.2, -0.15) is 0 Å². The van der Waals surface area contributed by atoms with E-state index in [1.54, 1.807) is 41.9 Å².